The first-order valence-corrected chi connectivity index (χ1v) is 9.13. The minimum atomic E-state index is -3.21. The second kappa shape index (κ2) is 7.20. The number of benzene rings is 2. The molecule has 0 aliphatic carbocycles. The predicted molar refractivity (Wildman–Crippen MR) is 89.0 cm³/mol. The quantitative estimate of drug-likeness (QED) is 0.785. The van der Waals surface area contributed by atoms with Crippen LogP contribution in [0.2, 0.25) is 0 Å². The molecule has 0 atom stereocenters. The normalized spacial score (nSPS) is 11.8. The third kappa shape index (κ3) is 4.66. The molecule has 0 saturated heterocycles. The molecule has 0 aromatic heterocycles. The predicted octanol–water partition coefficient (Wildman–Crippen LogP) is 3.35. The minimum absolute atomic E-state index is 0.123. The molecule has 112 valence electrons. The SMILES string of the molecule is CN(CCS(=O)(=O)c1ccccc1)Cc1ccccc1Br. The minimum Gasteiger partial charge on any atom is -0.301 e. The first kappa shape index (κ1) is 16.2. The molecular weight excluding hydrogens is 350 g/mol. The molecule has 0 radical (unpaired) electrons. The zero-order valence-corrected chi connectivity index (χ0v) is 14.3. The number of hydrogen-bond acceptors (Lipinski definition) is 3. The van der Waals surface area contributed by atoms with E-state index in [1.165, 1.54) is 0 Å². The van der Waals surface area contributed by atoms with Gasteiger partial charge in [0.2, 0.25) is 0 Å². The van der Waals surface area contributed by atoms with Gasteiger partial charge in [0.05, 0.1) is 10.6 Å². The van der Waals surface area contributed by atoms with Gasteiger partial charge in [-0.2, -0.15) is 0 Å². The Labute approximate surface area is 134 Å². The lowest BCUT2D eigenvalue weighted by molar-refractivity contribution is 0.345. The van der Waals surface area contributed by atoms with Crippen molar-refractivity contribution in [3.05, 3.63) is 64.6 Å². The van der Waals surface area contributed by atoms with Gasteiger partial charge in [-0.3, -0.25) is 0 Å². The monoisotopic (exact) mass is 367 g/mol. The van der Waals surface area contributed by atoms with Crippen molar-refractivity contribution in [2.75, 3.05) is 19.3 Å². The van der Waals surface area contributed by atoms with Gasteiger partial charge in [-0.25, -0.2) is 8.42 Å². The van der Waals surface area contributed by atoms with Crippen LogP contribution in [0.4, 0.5) is 0 Å². The Bertz CT molecular complexity index is 686. The molecule has 0 aliphatic rings. The van der Waals surface area contributed by atoms with Gasteiger partial charge in [0.1, 0.15) is 0 Å². The molecule has 21 heavy (non-hydrogen) atoms. The molecule has 0 aliphatic heterocycles. The third-order valence-electron chi connectivity index (χ3n) is 3.24. The fourth-order valence-corrected chi connectivity index (χ4v) is 3.79. The van der Waals surface area contributed by atoms with Gasteiger partial charge in [-0.05, 0) is 30.8 Å². The van der Waals surface area contributed by atoms with E-state index in [0.29, 0.717) is 18.0 Å². The van der Waals surface area contributed by atoms with Crippen LogP contribution in [-0.2, 0) is 16.4 Å². The highest BCUT2D eigenvalue weighted by Crippen LogP contribution is 2.17. The molecule has 0 saturated carbocycles. The maximum absolute atomic E-state index is 12.2. The van der Waals surface area contributed by atoms with E-state index in [9.17, 15) is 8.42 Å². The molecule has 2 rings (SSSR count). The molecule has 2 aromatic carbocycles. The molecule has 0 amide bonds. The molecule has 0 unspecified atom stereocenters. The van der Waals surface area contributed by atoms with Crippen LogP contribution in [0.15, 0.2) is 64.0 Å². The van der Waals surface area contributed by atoms with Gasteiger partial charge in [0, 0.05) is 17.6 Å². The van der Waals surface area contributed by atoms with Crippen molar-refractivity contribution in [1.29, 1.82) is 0 Å². The summed E-state index contributed by atoms with van der Waals surface area (Å²) in [5, 5.41) is 0. The molecule has 0 bridgehead atoms. The van der Waals surface area contributed by atoms with E-state index in [1.54, 1.807) is 24.3 Å². The maximum atomic E-state index is 12.2. The van der Waals surface area contributed by atoms with Crippen LogP contribution < -0.4 is 0 Å². The van der Waals surface area contributed by atoms with Crippen LogP contribution in [0.5, 0.6) is 0 Å². The Morgan fingerprint density at radius 3 is 2.29 bits per heavy atom. The van der Waals surface area contributed by atoms with Crippen LogP contribution >= 0.6 is 15.9 Å². The van der Waals surface area contributed by atoms with Gasteiger partial charge in [0.15, 0.2) is 9.84 Å². The first-order valence-electron chi connectivity index (χ1n) is 6.69. The summed E-state index contributed by atoms with van der Waals surface area (Å²) in [4.78, 5) is 2.40. The van der Waals surface area contributed by atoms with Crippen molar-refractivity contribution >= 4 is 25.8 Å². The Balaban J connectivity index is 1.95. The van der Waals surface area contributed by atoms with E-state index in [0.717, 1.165) is 10.0 Å². The number of halogens is 1. The Kier molecular flexibility index (Phi) is 5.56. The summed E-state index contributed by atoms with van der Waals surface area (Å²) in [6, 6.07) is 16.6. The highest BCUT2D eigenvalue weighted by molar-refractivity contribution is 9.10. The fourth-order valence-electron chi connectivity index (χ4n) is 2.02. The number of nitrogens with zero attached hydrogens (tertiary/aromatic N) is 1. The van der Waals surface area contributed by atoms with Crippen molar-refractivity contribution < 1.29 is 8.42 Å². The zero-order chi connectivity index (χ0) is 15.3. The van der Waals surface area contributed by atoms with Gasteiger partial charge in [0.25, 0.3) is 0 Å². The largest absolute Gasteiger partial charge is 0.301 e. The second-order valence-electron chi connectivity index (χ2n) is 4.96. The average Bonchev–Trinajstić information content (AvgIpc) is 2.49. The topological polar surface area (TPSA) is 37.4 Å². The van der Waals surface area contributed by atoms with E-state index >= 15 is 0 Å². The Hall–Kier alpha value is -1.17. The Morgan fingerprint density at radius 2 is 1.62 bits per heavy atom. The molecule has 2 aromatic rings. The van der Waals surface area contributed by atoms with Crippen molar-refractivity contribution in [2.24, 2.45) is 0 Å². The molecule has 3 nitrogen and oxygen atoms in total. The first-order chi connectivity index (χ1) is 9.99. The van der Waals surface area contributed by atoms with Crippen molar-refractivity contribution in [3.8, 4) is 0 Å². The van der Waals surface area contributed by atoms with Crippen LogP contribution in [0.25, 0.3) is 0 Å². The third-order valence-corrected chi connectivity index (χ3v) is 5.73. The van der Waals surface area contributed by atoms with E-state index < -0.39 is 9.84 Å². The molecule has 0 fully saturated rings. The molecule has 0 N–H and O–H groups in total. The second-order valence-corrected chi connectivity index (χ2v) is 7.92. The highest BCUT2D eigenvalue weighted by Gasteiger charge is 2.15. The number of rotatable bonds is 6. The zero-order valence-electron chi connectivity index (χ0n) is 11.9. The molecule has 5 heteroatoms. The van der Waals surface area contributed by atoms with Crippen molar-refractivity contribution in [2.45, 2.75) is 11.4 Å². The lowest BCUT2D eigenvalue weighted by Crippen LogP contribution is -2.25. The molecule has 0 spiro atoms. The summed E-state index contributed by atoms with van der Waals surface area (Å²) in [7, 11) is -1.28. The summed E-state index contributed by atoms with van der Waals surface area (Å²) < 4.78 is 25.5. The van der Waals surface area contributed by atoms with Gasteiger partial charge in [-0.1, -0.05) is 52.3 Å². The average molecular weight is 368 g/mol. The van der Waals surface area contributed by atoms with E-state index in [-0.39, 0.29) is 5.75 Å². The smallest absolute Gasteiger partial charge is 0.179 e. The Morgan fingerprint density at radius 1 is 1.00 bits per heavy atom. The van der Waals surface area contributed by atoms with Gasteiger partial charge >= 0.3 is 0 Å². The van der Waals surface area contributed by atoms with Crippen LogP contribution in [-0.4, -0.2) is 32.7 Å². The van der Waals surface area contributed by atoms with Crippen LogP contribution in [0.3, 0.4) is 0 Å². The van der Waals surface area contributed by atoms with E-state index in [1.807, 2.05) is 42.3 Å². The number of hydrogen-bond donors (Lipinski definition) is 0. The maximum Gasteiger partial charge on any atom is 0.179 e. The van der Waals surface area contributed by atoms with Crippen molar-refractivity contribution in [1.82, 2.24) is 4.90 Å². The van der Waals surface area contributed by atoms with Crippen LogP contribution in [0.1, 0.15) is 5.56 Å². The van der Waals surface area contributed by atoms with E-state index in [4.69, 9.17) is 0 Å². The summed E-state index contributed by atoms with van der Waals surface area (Å²) in [5.74, 6) is 0.123. The summed E-state index contributed by atoms with van der Waals surface area (Å²) in [6.07, 6.45) is 0. The molecule has 0 heterocycles. The molecular formula is C16H18BrNO2S. The lowest BCUT2D eigenvalue weighted by atomic mass is 10.2. The van der Waals surface area contributed by atoms with Crippen LogP contribution in [0, 0.1) is 0 Å². The summed E-state index contributed by atoms with van der Waals surface area (Å²) in [5.41, 5.74) is 1.15. The van der Waals surface area contributed by atoms with Gasteiger partial charge < -0.3 is 4.90 Å². The highest BCUT2D eigenvalue weighted by atomic mass is 79.9. The standard InChI is InChI=1S/C16H18BrNO2S/c1-18(13-14-7-5-6-10-16(14)17)11-12-21(19,20)15-8-3-2-4-9-15/h2-10H,11-13H2,1H3. The number of sulfone groups is 1. The fraction of sp³-hybridized carbons (Fsp3) is 0.250. The van der Waals surface area contributed by atoms with Crippen molar-refractivity contribution in [3.63, 3.8) is 0 Å². The summed E-state index contributed by atoms with van der Waals surface area (Å²) in [6.45, 7) is 1.21. The summed E-state index contributed by atoms with van der Waals surface area (Å²) >= 11 is 3.51. The lowest BCUT2D eigenvalue weighted by Gasteiger charge is -2.17. The van der Waals surface area contributed by atoms with Gasteiger partial charge in [-0.15, -0.1) is 0 Å². The van der Waals surface area contributed by atoms with E-state index in [2.05, 4.69) is 15.9 Å².